The van der Waals surface area contributed by atoms with Crippen LogP contribution < -0.4 is 4.90 Å². The molecule has 0 N–H and O–H groups in total. The molecule has 1 aliphatic heterocycles. The van der Waals surface area contributed by atoms with Crippen LogP contribution in [0.4, 0.5) is 5.82 Å². The van der Waals surface area contributed by atoms with Crippen LogP contribution in [-0.2, 0) is 6.54 Å². The molecule has 0 unspecified atom stereocenters. The summed E-state index contributed by atoms with van der Waals surface area (Å²) in [5.74, 6) is 2.29. The predicted octanol–water partition coefficient (Wildman–Crippen LogP) is 2.47. The number of anilines is 1. The largest absolute Gasteiger partial charge is 0.353 e. The quantitative estimate of drug-likeness (QED) is 0.716. The molecule has 0 aliphatic carbocycles. The third kappa shape index (κ3) is 3.72. The molecule has 3 heterocycles. The Labute approximate surface area is 152 Å². The fourth-order valence-electron chi connectivity index (χ4n) is 3.10. The van der Waals surface area contributed by atoms with Crippen molar-refractivity contribution < 1.29 is 4.52 Å². The van der Waals surface area contributed by atoms with Crippen LogP contribution in [0.15, 0.2) is 40.9 Å². The first kappa shape index (κ1) is 16.7. The second-order valence-electron chi connectivity index (χ2n) is 6.64. The van der Waals surface area contributed by atoms with Crippen LogP contribution in [-0.4, -0.2) is 51.4 Å². The Bertz CT molecular complexity index is 850. The number of aromatic nitrogens is 4. The molecule has 3 aromatic rings. The van der Waals surface area contributed by atoms with E-state index in [-0.39, 0.29) is 0 Å². The minimum atomic E-state index is 0.679. The number of hydrogen-bond donors (Lipinski definition) is 0. The molecule has 0 amide bonds. The van der Waals surface area contributed by atoms with E-state index in [2.05, 4.69) is 67.4 Å². The lowest BCUT2D eigenvalue weighted by Crippen LogP contribution is -2.46. The van der Waals surface area contributed by atoms with Crippen LogP contribution in [0.5, 0.6) is 0 Å². The van der Waals surface area contributed by atoms with Crippen LogP contribution in [0.1, 0.15) is 17.3 Å². The summed E-state index contributed by atoms with van der Waals surface area (Å²) < 4.78 is 5.20. The number of benzene rings is 1. The maximum atomic E-state index is 5.20. The smallest absolute Gasteiger partial charge is 0.240 e. The molecule has 0 saturated carbocycles. The fraction of sp³-hybridized carbons (Fsp3) is 0.368. The maximum absolute atomic E-state index is 5.20. The summed E-state index contributed by atoms with van der Waals surface area (Å²) in [6.07, 6.45) is 0. The monoisotopic (exact) mass is 350 g/mol. The second-order valence-corrected chi connectivity index (χ2v) is 6.64. The highest BCUT2D eigenvalue weighted by molar-refractivity contribution is 5.60. The molecule has 7 nitrogen and oxygen atoms in total. The van der Waals surface area contributed by atoms with E-state index < -0.39 is 0 Å². The average molecular weight is 350 g/mol. The van der Waals surface area contributed by atoms with Crippen molar-refractivity contribution in [1.82, 2.24) is 25.2 Å². The van der Waals surface area contributed by atoms with Gasteiger partial charge >= 0.3 is 0 Å². The van der Waals surface area contributed by atoms with E-state index in [1.165, 1.54) is 5.56 Å². The molecule has 0 radical (unpaired) electrons. The number of aryl methyl sites for hydroxylation is 2. The second kappa shape index (κ2) is 7.21. The number of piperazine rings is 1. The van der Waals surface area contributed by atoms with Crippen LogP contribution in [0, 0.1) is 13.8 Å². The van der Waals surface area contributed by atoms with E-state index in [0.29, 0.717) is 18.3 Å². The number of rotatable bonds is 4. The molecule has 1 saturated heterocycles. The standard InChI is InChI=1S/C19H22N6O/c1-14-3-5-16(6-4-14)17-7-8-18(22-21-17)25-11-9-24(10-12-25)13-19-20-15(2)23-26-19/h3-8H,9-13H2,1-2H3. The van der Waals surface area contributed by atoms with Gasteiger partial charge in [0, 0.05) is 31.7 Å². The van der Waals surface area contributed by atoms with E-state index in [0.717, 1.165) is 43.3 Å². The van der Waals surface area contributed by atoms with E-state index in [9.17, 15) is 0 Å². The zero-order chi connectivity index (χ0) is 17.9. The molecular formula is C19H22N6O. The molecular weight excluding hydrogens is 328 g/mol. The SMILES string of the molecule is Cc1ccc(-c2ccc(N3CCN(Cc4nc(C)no4)CC3)nn2)cc1. The highest BCUT2D eigenvalue weighted by Gasteiger charge is 2.20. The first-order chi connectivity index (χ1) is 12.7. The number of nitrogens with zero attached hydrogens (tertiary/aromatic N) is 6. The van der Waals surface area contributed by atoms with E-state index >= 15 is 0 Å². The lowest BCUT2D eigenvalue weighted by molar-refractivity contribution is 0.215. The van der Waals surface area contributed by atoms with Crippen molar-refractivity contribution in [2.75, 3.05) is 31.1 Å². The van der Waals surface area contributed by atoms with E-state index in [1.54, 1.807) is 0 Å². The van der Waals surface area contributed by atoms with Crippen molar-refractivity contribution in [3.63, 3.8) is 0 Å². The fourth-order valence-corrected chi connectivity index (χ4v) is 3.10. The van der Waals surface area contributed by atoms with Gasteiger partial charge in [-0.15, -0.1) is 10.2 Å². The molecule has 7 heteroatoms. The summed E-state index contributed by atoms with van der Waals surface area (Å²) in [6, 6.07) is 12.4. The maximum Gasteiger partial charge on any atom is 0.240 e. The third-order valence-corrected chi connectivity index (χ3v) is 4.62. The van der Waals surface area contributed by atoms with Crippen molar-refractivity contribution in [3.05, 3.63) is 53.7 Å². The molecule has 134 valence electrons. The summed E-state index contributed by atoms with van der Waals surface area (Å²) in [5.41, 5.74) is 3.24. The average Bonchev–Trinajstić information content (AvgIpc) is 3.08. The summed E-state index contributed by atoms with van der Waals surface area (Å²) >= 11 is 0. The molecule has 0 atom stereocenters. The van der Waals surface area contributed by atoms with Crippen molar-refractivity contribution in [2.45, 2.75) is 20.4 Å². The van der Waals surface area contributed by atoms with E-state index in [1.807, 2.05) is 13.0 Å². The van der Waals surface area contributed by atoms with Gasteiger partial charge in [0.2, 0.25) is 5.89 Å². The van der Waals surface area contributed by atoms with Crippen LogP contribution in [0.2, 0.25) is 0 Å². The minimum absolute atomic E-state index is 0.679. The van der Waals surface area contributed by atoms with Crippen molar-refractivity contribution in [2.24, 2.45) is 0 Å². The normalized spacial score (nSPS) is 15.4. The Balaban J connectivity index is 1.36. The summed E-state index contributed by atoms with van der Waals surface area (Å²) in [5, 5.41) is 12.7. The van der Waals surface area contributed by atoms with Gasteiger partial charge in [-0.3, -0.25) is 4.90 Å². The van der Waals surface area contributed by atoms with Crippen LogP contribution in [0.25, 0.3) is 11.3 Å². The lowest BCUT2D eigenvalue weighted by Gasteiger charge is -2.34. The van der Waals surface area contributed by atoms with Gasteiger partial charge in [0.25, 0.3) is 0 Å². The van der Waals surface area contributed by atoms with Crippen LogP contribution >= 0.6 is 0 Å². The van der Waals surface area contributed by atoms with Crippen molar-refractivity contribution in [3.8, 4) is 11.3 Å². The molecule has 1 aromatic carbocycles. The van der Waals surface area contributed by atoms with Gasteiger partial charge in [-0.25, -0.2) is 0 Å². The Morgan fingerprint density at radius 3 is 2.31 bits per heavy atom. The highest BCUT2D eigenvalue weighted by atomic mass is 16.5. The van der Waals surface area contributed by atoms with Gasteiger partial charge in [-0.1, -0.05) is 35.0 Å². The van der Waals surface area contributed by atoms with Crippen molar-refractivity contribution >= 4 is 5.82 Å². The summed E-state index contributed by atoms with van der Waals surface area (Å²) in [6.45, 7) is 8.30. The zero-order valence-corrected chi connectivity index (χ0v) is 15.1. The van der Waals surface area contributed by atoms with Gasteiger partial charge in [0.15, 0.2) is 11.6 Å². The third-order valence-electron chi connectivity index (χ3n) is 4.62. The van der Waals surface area contributed by atoms with Gasteiger partial charge in [-0.2, -0.15) is 4.98 Å². The molecule has 0 spiro atoms. The topological polar surface area (TPSA) is 71.2 Å². The molecule has 0 bridgehead atoms. The summed E-state index contributed by atoms with van der Waals surface area (Å²) in [7, 11) is 0. The molecule has 2 aromatic heterocycles. The van der Waals surface area contributed by atoms with Gasteiger partial charge in [0.1, 0.15) is 0 Å². The number of hydrogen-bond acceptors (Lipinski definition) is 7. The van der Waals surface area contributed by atoms with Gasteiger partial charge in [0.05, 0.1) is 12.2 Å². The lowest BCUT2D eigenvalue weighted by atomic mass is 10.1. The van der Waals surface area contributed by atoms with E-state index in [4.69, 9.17) is 4.52 Å². The molecule has 26 heavy (non-hydrogen) atoms. The first-order valence-corrected chi connectivity index (χ1v) is 8.85. The Hall–Kier alpha value is -2.80. The molecule has 4 rings (SSSR count). The Morgan fingerprint density at radius 2 is 1.69 bits per heavy atom. The highest BCUT2D eigenvalue weighted by Crippen LogP contribution is 2.20. The first-order valence-electron chi connectivity index (χ1n) is 8.85. The van der Waals surface area contributed by atoms with Crippen molar-refractivity contribution in [1.29, 1.82) is 0 Å². The predicted molar refractivity (Wildman–Crippen MR) is 98.7 cm³/mol. The van der Waals surface area contributed by atoms with Gasteiger partial charge in [-0.05, 0) is 26.0 Å². The summed E-state index contributed by atoms with van der Waals surface area (Å²) in [4.78, 5) is 8.85. The Morgan fingerprint density at radius 1 is 0.923 bits per heavy atom. The molecule has 1 fully saturated rings. The zero-order valence-electron chi connectivity index (χ0n) is 15.1. The van der Waals surface area contributed by atoms with Gasteiger partial charge < -0.3 is 9.42 Å². The van der Waals surface area contributed by atoms with Crippen LogP contribution in [0.3, 0.4) is 0 Å². The molecule has 1 aliphatic rings. The Kier molecular flexibility index (Phi) is 4.62. The minimum Gasteiger partial charge on any atom is -0.353 e.